The summed E-state index contributed by atoms with van der Waals surface area (Å²) in [6.07, 6.45) is 14.2. The summed E-state index contributed by atoms with van der Waals surface area (Å²) >= 11 is 0. The molecule has 0 amide bonds. The lowest BCUT2D eigenvalue weighted by Crippen LogP contribution is -1.87. The summed E-state index contributed by atoms with van der Waals surface area (Å²) in [6.45, 7) is 10.8. The van der Waals surface area contributed by atoms with Crippen molar-refractivity contribution in [3.63, 3.8) is 0 Å². The van der Waals surface area contributed by atoms with Gasteiger partial charge in [-0.15, -0.1) is 0 Å². The molecule has 100 valence electrons. The van der Waals surface area contributed by atoms with E-state index in [2.05, 4.69) is 32.9 Å². The molecule has 2 rings (SSSR count). The summed E-state index contributed by atoms with van der Waals surface area (Å²) in [4.78, 5) is 0. The van der Waals surface area contributed by atoms with E-state index in [4.69, 9.17) is 0 Å². The zero-order valence-corrected chi connectivity index (χ0v) is 12.7. The van der Waals surface area contributed by atoms with Crippen molar-refractivity contribution in [2.24, 2.45) is 5.92 Å². The molecular weight excluding hydrogens is 204 g/mol. The lowest BCUT2D eigenvalue weighted by molar-refractivity contribution is 0.726. The monoisotopic (exact) mass is 236 g/mol. The molecule has 0 saturated heterocycles. The Labute approximate surface area is 109 Å². The standard InChI is InChI=1S/C8H14.C7H12.C2H6/c1-7(2)8-5-3-4-6-8;1-2-7-5-3-4-6-7;1-2/h5,7H,3-4,6H2,1-2H3;5H,2-4,6H2,1H3;1-2H3. The van der Waals surface area contributed by atoms with Gasteiger partial charge in [-0.05, 0) is 50.9 Å². The Morgan fingerprint density at radius 2 is 1.59 bits per heavy atom. The summed E-state index contributed by atoms with van der Waals surface area (Å²) in [5, 5.41) is 0. The van der Waals surface area contributed by atoms with Gasteiger partial charge in [-0.2, -0.15) is 0 Å². The van der Waals surface area contributed by atoms with Gasteiger partial charge in [0.05, 0.1) is 0 Å². The summed E-state index contributed by atoms with van der Waals surface area (Å²) in [6, 6.07) is 0. The van der Waals surface area contributed by atoms with E-state index < -0.39 is 0 Å². The van der Waals surface area contributed by atoms with Crippen molar-refractivity contribution >= 4 is 0 Å². The maximum absolute atomic E-state index is 2.39. The normalized spacial score (nSPS) is 17.8. The van der Waals surface area contributed by atoms with Gasteiger partial charge in [-0.3, -0.25) is 0 Å². The minimum atomic E-state index is 0.803. The van der Waals surface area contributed by atoms with Crippen molar-refractivity contribution in [3.05, 3.63) is 23.3 Å². The average molecular weight is 236 g/mol. The molecule has 0 radical (unpaired) electrons. The topological polar surface area (TPSA) is 0 Å². The quantitative estimate of drug-likeness (QED) is 0.494. The minimum absolute atomic E-state index is 0.803. The molecule has 0 heterocycles. The summed E-state index contributed by atoms with van der Waals surface area (Å²) < 4.78 is 0. The van der Waals surface area contributed by atoms with Crippen LogP contribution in [-0.4, -0.2) is 0 Å². The third-order valence-electron chi connectivity index (χ3n) is 3.41. The lowest BCUT2D eigenvalue weighted by atomic mass is 10.0. The molecule has 0 aromatic heterocycles. The van der Waals surface area contributed by atoms with Crippen LogP contribution in [0.1, 0.15) is 79.6 Å². The second kappa shape index (κ2) is 10.6. The number of rotatable bonds is 2. The van der Waals surface area contributed by atoms with Crippen molar-refractivity contribution in [2.45, 2.75) is 79.6 Å². The summed E-state index contributed by atoms with van der Waals surface area (Å²) in [5.41, 5.74) is 3.34. The summed E-state index contributed by atoms with van der Waals surface area (Å²) in [7, 11) is 0. The SMILES string of the molecule is CC.CC(C)C1=CCCC1.CCC1=CCCC1. The number of hydrogen-bond acceptors (Lipinski definition) is 0. The molecule has 0 spiro atoms. The maximum Gasteiger partial charge on any atom is -0.0260 e. The molecule has 0 aliphatic heterocycles. The lowest BCUT2D eigenvalue weighted by Gasteiger charge is -2.02. The molecule has 17 heavy (non-hydrogen) atoms. The Kier molecular flexibility index (Phi) is 10.3. The first-order chi connectivity index (χ1) is 8.24. The van der Waals surface area contributed by atoms with Crippen LogP contribution in [0.5, 0.6) is 0 Å². The van der Waals surface area contributed by atoms with Crippen LogP contribution < -0.4 is 0 Å². The molecule has 0 heteroatoms. The highest BCUT2D eigenvalue weighted by Gasteiger charge is 2.06. The van der Waals surface area contributed by atoms with Crippen LogP contribution in [0.15, 0.2) is 23.3 Å². The Bertz CT molecular complexity index is 230. The van der Waals surface area contributed by atoms with Gasteiger partial charge in [0.25, 0.3) is 0 Å². The van der Waals surface area contributed by atoms with Crippen LogP contribution in [-0.2, 0) is 0 Å². The van der Waals surface area contributed by atoms with Crippen molar-refractivity contribution in [2.75, 3.05) is 0 Å². The van der Waals surface area contributed by atoms with E-state index in [1.54, 1.807) is 11.1 Å². The van der Waals surface area contributed by atoms with Crippen molar-refractivity contribution in [1.82, 2.24) is 0 Å². The van der Waals surface area contributed by atoms with Crippen molar-refractivity contribution < 1.29 is 0 Å². The van der Waals surface area contributed by atoms with Gasteiger partial charge in [0, 0.05) is 0 Å². The fourth-order valence-corrected chi connectivity index (χ4v) is 2.28. The molecule has 0 N–H and O–H groups in total. The molecule has 0 nitrogen and oxygen atoms in total. The van der Waals surface area contributed by atoms with Gasteiger partial charge >= 0.3 is 0 Å². The smallest absolute Gasteiger partial charge is 0.0260 e. The molecule has 0 saturated carbocycles. The van der Waals surface area contributed by atoms with Gasteiger partial charge in [-0.1, -0.05) is 57.9 Å². The van der Waals surface area contributed by atoms with Gasteiger partial charge in [-0.25, -0.2) is 0 Å². The largest absolute Gasteiger partial charge is 0.0853 e. The molecular formula is C17H32. The third kappa shape index (κ3) is 7.41. The Balaban J connectivity index is 0.000000265. The van der Waals surface area contributed by atoms with E-state index in [9.17, 15) is 0 Å². The van der Waals surface area contributed by atoms with Crippen LogP contribution in [0, 0.1) is 5.92 Å². The highest BCUT2D eigenvalue weighted by atomic mass is 14.1. The van der Waals surface area contributed by atoms with Crippen LogP contribution >= 0.6 is 0 Å². The van der Waals surface area contributed by atoms with Crippen LogP contribution in [0.2, 0.25) is 0 Å². The average Bonchev–Trinajstić information content (AvgIpc) is 3.05. The highest BCUT2D eigenvalue weighted by Crippen LogP contribution is 2.23. The van der Waals surface area contributed by atoms with Gasteiger partial charge < -0.3 is 0 Å². The van der Waals surface area contributed by atoms with Crippen molar-refractivity contribution in [1.29, 1.82) is 0 Å². The second-order valence-electron chi connectivity index (χ2n) is 4.93. The molecule has 2 aliphatic carbocycles. The predicted molar refractivity (Wildman–Crippen MR) is 80.3 cm³/mol. The first kappa shape index (κ1) is 16.5. The molecule has 0 bridgehead atoms. The minimum Gasteiger partial charge on any atom is -0.0853 e. The van der Waals surface area contributed by atoms with E-state index in [1.165, 1.54) is 44.9 Å². The second-order valence-corrected chi connectivity index (χ2v) is 4.93. The first-order valence-corrected chi connectivity index (χ1v) is 7.60. The highest BCUT2D eigenvalue weighted by molar-refractivity contribution is 5.09. The number of allylic oxidation sites excluding steroid dienone is 4. The van der Waals surface area contributed by atoms with Gasteiger partial charge in [0.2, 0.25) is 0 Å². The van der Waals surface area contributed by atoms with Crippen LogP contribution in [0.25, 0.3) is 0 Å². The van der Waals surface area contributed by atoms with Crippen LogP contribution in [0.4, 0.5) is 0 Å². The maximum atomic E-state index is 2.39. The van der Waals surface area contributed by atoms with Crippen molar-refractivity contribution in [3.8, 4) is 0 Å². The van der Waals surface area contributed by atoms with E-state index in [0.717, 1.165) is 5.92 Å². The number of hydrogen-bond donors (Lipinski definition) is 0. The molecule has 0 atom stereocenters. The molecule has 2 aliphatic rings. The molecule has 0 fully saturated rings. The van der Waals surface area contributed by atoms with Gasteiger partial charge in [0.15, 0.2) is 0 Å². The fraction of sp³-hybridized carbons (Fsp3) is 0.765. The Morgan fingerprint density at radius 1 is 1.00 bits per heavy atom. The Hall–Kier alpha value is -0.520. The van der Waals surface area contributed by atoms with E-state index in [0.29, 0.717) is 0 Å². The molecule has 0 aromatic carbocycles. The van der Waals surface area contributed by atoms with Crippen LogP contribution in [0.3, 0.4) is 0 Å². The molecule has 0 unspecified atom stereocenters. The first-order valence-electron chi connectivity index (χ1n) is 7.60. The molecule has 0 aromatic rings. The summed E-state index contributed by atoms with van der Waals surface area (Å²) in [5.74, 6) is 0.803. The van der Waals surface area contributed by atoms with E-state index in [1.807, 2.05) is 13.8 Å². The zero-order valence-electron chi connectivity index (χ0n) is 12.7. The van der Waals surface area contributed by atoms with E-state index >= 15 is 0 Å². The zero-order chi connectivity index (χ0) is 13.1. The third-order valence-corrected chi connectivity index (χ3v) is 3.41. The Morgan fingerprint density at radius 3 is 1.82 bits per heavy atom. The fourth-order valence-electron chi connectivity index (χ4n) is 2.28. The predicted octanol–water partition coefficient (Wildman–Crippen LogP) is 6.29. The van der Waals surface area contributed by atoms with Gasteiger partial charge in [0.1, 0.15) is 0 Å². The van der Waals surface area contributed by atoms with E-state index in [-0.39, 0.29) is 0 Å².